The number of aliphatic hydroxyl groups excluding tert-OH is 1. The number of hydrogen-bond donors (Lipinski definition) is 3. The highest BCUT2D eigenvalue weighted by Crippen LogP contribution is 2.04. The van der Waals surface area contributed by atoms with Crippen LogP contribution in [0.3, 0.4) is 0 Å². The van der Waals surface area contributed by atoms with Crippen LogP contribution in [0.2, 0.25) is 0 Å². The second-order valence-corrected chi connectivity index (χ2v) is 3.46. The average Bonchev–Trinajstić information content (AvgIpc) is 2.66. The van der Waals surface area contributed by atoms with Crippen molar-refractivity contribution in [1.82, 2.24) is 10.6 Å². The summed E-state index contributed by atoms with van der Waals surface area (Å²) in [6, 6.07) is -0.0379. The number of carbonyl (C=O) groups excluding carboxylic acids is 1. The van der Waals surface area contributed by atoms with E-state index in [1.807, 2.05) is 6.92 Å². The molecule has 4 heteroatoms. The Labute approximate surface area is 78.7 Å². The summed E-state index contributed by atoms with van der Waals surface area (Å²) in [5.74, 6) is 0.0185. The van der Waals surface area contributed by atoms with Gasteiger partial charge in [0.1, 0.15) is 0 Å². The molecular formula is C9H18N2O2. The maximum absolute atomic E-state index is 11.4. The van der Waals surface area contributed by atoms with Crippen molar-refractivity contribution in [3.05, 3.63) is 0 Å². The Hall–Kier alpha value is -0.610. The van der Waals surface area contributed by atoms with Gasteiger partial charge in [-0.1, -0.05) is 6.92 Å². The fraction of sp³-hybridized carbons (Fsp3) is 0.889. The lowest BCUT2D eigenvalue weighted by Crippen LogP contribution is -2.43. The number of rotatable bonds is 4. The maximum Gasteiger partial charge on any atom is 0.237 e. The van der Waals surface area contributed by atoms with E-state index in [9.17, 15) is 9.90 Å². The van der Waals surface area contributed by atoms with Gasteiger partial charge in [-0.2, -0.15) is 0 Å². The number of amides is 1. The summed E-state index contributed by atoms with van der Waals surface area (Å²) in [7, 11) is 0. The Kier molecular flexibility index (Phi) is 4.18. The molecule has 1 aliphatic rings. The van der Waals surface area contributed by atoms with Crippen molar-refractivity contribution in [2.24, 2.45) is 0 Å². The van der Waals surface area contributed by atoms with Crippen LogP contribution in [0.5, 0.6) is 0 Å². The maximum atomic E-state index is 11.4. The number of hydrogen-bond acceptors (Lipinski definition) is 3. The molecule has 1 aliphatic heterocycles. The van der Waals surface area contributed by atoms with E-state index in [2.05, 4.69) is 10.6 Å². The molecule has 0 aromatic carbocycles. The van der Waals surface area contributed by atoms with Crippen LogP contribution < -0.4 is 10.6 Å². The third kappa shape index (κ3) is 3.32. The predicted molar refractivity (Wildman–Crippen MR) is 50.3 cm³/mol. The van der Waals surface area contributed by atoms with E-state index in [0.29, 0.717) is 13.0 Å². The third-order valence-electron chi connectivity index (χ3n) is 2.36. The second kappa shape index (κ2) is 5.19. The molecule has 1 amide bonds. The molecule has 0 aromatic heterocycles. The van der Waals surface area contributed by atoms with Gasteiger partial charge in [0.2, 0.25) is 5.91 Å². The van der Waals surface area contributed by atoms with Crippen molar-refractivity contribution in [2.45, 2.75) is 38.3 Å². The SMILES string of the molecule is CCC(O)CNC(=O)C1CCCN1. The Balaban J connectivity index is 2.16. The van der Waals surface area contributed by atoms with Gasteiger partial charge in [0, 0.05) is 6.54 Å². The van der Waals surface area contributed by atoms with Gasteiger partial charge in [0.15, 0.2) is 0 Å². The van der Waals surface area contributed by atoms with E-state index in [1.165, 1.54) is 0 Å². The van der Waals surface area contributed by atoms with Crippen molar-refractivity contribution in [3.8, 4) is 0 Å². The topological polar surface area (TPSA) is 61.4 Å². The zero-order chi connectivity index (χ0) is 9.68. The summed E-state index contributed by atoms with van der Waals surface area (Å²) in [6.45, 7) is 3.19. The van der Waals surface area contributed by atoms with E-state index in [4.69, 9.17) is 0 Å². The molecule has 1 fully saturated rings. The minimum atomic E-state index is -0.412. The number of nitrogens with one attached hydrogen (secondary N) is 2. The van der Waals surface area contributed by atoms with E-state index < -0.39 is 6.10 Å². The molecule has 2 atom stereocenters. The van der Waals surface area contributed by atoms with Crippen molar-refractivity contribution in [1.29, 1.82) is 0 Å². The Morgan fingerprint density at radius 2 is 2.54 bits per heavy atom. The highest BCUT2D eigenvalue weighted by molar-refractivity contribution is 5.81. The minimum absolute atomic E-state index is 0.0185. The zero-order valence-corrected chi connectivity index (χ0v) is 8.05. The first-order chi connectivity index (χ1) is 6.24. The largest absolute Gasteiger partial charge is 0.391 e. The highest BCUT2D eigenvalue weighted by atomic mass is 16.3. The molecule has 0 aliphatic carbocycles. The molecule has 0 spiro atoms. The molecule has 4 nitrogen and oxygen atoms in total. The standard InChI is InChI=1S/C9H18N2O2/c1-2-7(12)6-11-9(13)8-4-3-5-10-8/h7-8,10,12H,2-6H2,1H3,(H,11,13). The lowest BCUT2D eigenvalue weighted by molar-refractivity contribution is -0.123. The van der Waals surface area contributed by atoms with Crippen molar-refractivity contribution in [3.63, 3.8) is 0 Å². The number of carbonyl (C=O) groups is 1. The van der Waals surface area contributed by atoms with Crippen molar-refractivity contribution >= 4 is 5.91 Å². The monoisotopic (exact) mass is 186 g/mol. The summed E-state index contributed by atoms with van der Waals surface area (Å²) < 4.78 is 0. The van der Waals surface area contributed by atoms with Crippen LogP contribution in [-0.4, -0.2) is 36.2 Å². The normalized spacial score (nSPS) is 24.3. The fourth-order valence-corrected chi connectivity index (χ4v) is 1.39. The fourth-order valence-electron chi connectivity index (χ4n) is 1.39. The van der Waals surface area contributed by atoms with E-state index >= 15 is 0 Å². The molecule has 1 saturated heterocycles. The van der Waals surface area contributed by atoms with Crippen LogP contribution in [-0.2, 0) is 4.79 Å². The molecule has 1 rings (SSSR count). The molecule has 76 valence electrons. The summed E-state index contributed by atoms with van der Waals surface area (Å²) in [6.07, 6.45) is 2.24. The van der Waals surface area contributed by atoms with Crippen LogP contribution in [0.25, 0.3) is 0 Å². The van der Waals surface area contributed by atoms with Crippen LogP contribution >= 0.6 is 0 Å². The summed E-state index contributed by atoms with van der Waals surface area (Å²) in [4.78, 5) is 11.4. The van der Waals surface area contributed by atoms with Gasteiger partial charge in [-0.15, -0.1) is 0 Å². The van der Waals surface area contributed by atoms with E-state index in [-0.39, 0.29) is 11.9 Å². The predicted octanol–water partition coefficient (Wildman–Crippen LogP) is -0.374. The summed E-state index contributed by atoms with van der Waals surface area (Å²) in [5, 5.41) is 15.0. The molecule has 0 aromatic rings. The van der Waals surface area contributed by atoms with Gasteiger partial charge in [-0.25, -0.2) is 0 Å². The van der Waals surface area contributed by atoms with Crippen LogP contribution in [0, 0.1) is 0 Å². The second-order valence-electron chi connectivity index (χ2n) is 3.46. The molecule has 13 heavy (non-hydrogen) atoms. The zero-order valence-electron chi connectivity index (χ0n) is 8.05. The average molecular weight is 186 g/mol. The summed E-state index contributed by atoms with van der Waals surface area (Å²) >= 11 is 0. The van der Waals surface area contributed by atoms with Gasteiger partial charge in [0.25, 0.3) is 0 Å². The van der Waals surface area contributed by atoms with Crippen LogP contribution in [0.15, 0.2) is 0 Å². The van der Waals surface area contributed by atoms with E-state index in [0.717, 1.165) is 19.4 Å². The summed E-state index contributed by atoms with van der Waals surface area (Å²) in [5.41, 5.74) is 0. The van der Waals surface area contributed by atoms with Gasteiger partial charge >= 0.3 is 0 Å². The first-order valence-corrected chi connectivity index (χ1v) is 4.93. The van der Waals surface area contributed by atoms with Gasteiger partial charge in [-0.3, -0.25) is 4.79 Å². The Morgan fingerprint density at radius 1 is 1.77 bits per heavy atom. The molecule has 0 saturated carbocycles. The van der Waals surface area contributed by atoms with E-state index in [1.54, 1.807) is 0 Å². The first-order valence-electron chi connectivity index (χ1n) is 4.93. The van der Waals surface area contributed by atoms with Crippen molar-refractivity contribution in [2.75, 3.05) is 13.1 Å². The van der Waals surface area contributed by atoms with Crippen LogP contribution in [0.4, 0.5) is 0 Å². The molecule has 0 radical (unpaired) electrons. The van der Waals surface area contributed by atoms with Gasteiger partial charge in [0.05, 0.1) is 12.1 Å². The molecule has 1 heterocycles. The van der Waals surface area contributed by atoms with Gasteiger partial charge < -0.3 is 15.7 Å². The quantitative estimate of drug-likeness (QED) is 0.561. The minimum Gasteiger partial charge on any atom is -0.391 e. The van der Waals surface area contributed by atoms with Crippen molar-refractivity contribution < 1.29 is 9.90 Å². The smallest absolute Gasteiger partial charge is 0.237 e. The third-order valence-corrected chi connectivity index (χ3v) is 2.36. The lowest BCUT2D eigenvalue weighted by Gasteiger charge is -2.13. The Bertz CT molecular complexity index is 167. The van der Waals surface area contributed by atoms with Gasteiger partial charge in [-0.05, 0) is 25.8 Å². The first kappa shape index (κ1) is 10.5. The Morgan fingerprint density at radius 3 is 3.08 bits per heavy atom. The number of aliphatic hydroxyl groups is 1. The molecular weight excluding hydrogens is 168 g/mol. The highest BCUT2D eigenvalue weighted by Gasteiger charge is 2.21. The molecule has 2 unspecified atom stereocenters. The lowest BCUT2D eigenvalue weighted by atomic mass is 10.2. The molecule has 3 N–H and O–H groups in total. The molecule has 0 bridgehead atoms. The van der Waals surface area contributed by atoms with Crippen LogP contribution in [0.1, 0.15) is 26.2 Å².